The van der Waals surface area contributed by atoms with Gasteiger partial charge in [0.05, 0.1) is 4.90 Å². The Morgan fingerprint density at radius 1 is 0.926 bits per heavy atom. The molecule has 6 heteroatoms. The second-order valence-electron chi connectivity index (χ2n) is 6.89. The fraction of sp³-hybridized carbons (Fsp3) is 0.381. The summed E-state index contributed by atoms with van der Waals surface area (Å²) in [5.41, 5.74) is 1.50. The van der Waals surface area contributed by atoms with Crippen molar-refractivity contribution in [3.63, 3.8) is 0 Å². The van der Waals surface area contributed by atoms with E-state index in [1.165, 1.54) is 12.1 Å². The summed E-state index contributed by atoms with van der Waals surface area (Å²) in [4.78, 5) is 14.9. The molecule has 5 nitrogen and oxygen atoms in total. The summed E-state index contributed by atoms with van der Waals surface area (Å²) >= 11 is 0. The molecule has 1 atom stereocenters. The molecule has 2 aromatic carbocycles. The van der Waals surface area contributed by atoms with Crippen LogP contribution in [0.4, 0.5) is 0 Å². The lowest BCUT2D eigenvalue weighted by Gasteiger charge is -2.26. The number of hydrogen-bond donors (Lipinski definition) is 0. The van der Waals surface area contributed by atoms with Gasteiger partial charge in [0, 0.05) is 13.1 Å². The predicted octanol–water partition coefficient (Wildman–Crippen LogP) is 3.84. The second kappa shape index (κ2) is 8.67. The molecule has 1 fully saturated rings. The van der Waals surface area contributed by atoms with Crippen molar-refractivity contribution in [2.24, 2.45) is 0 Å². The third-order valence-electron chi connectivity index (χ3n) is 4.78. The van der Waals surface area contributed by atoms with Crippen LogP contribution in [0.3, 0.4) is 0 Å². The number of carbonyl (C=O) groups excluding carboxylic acids is 1. The molecule has 0 aliphatic carbocycles. The van der Waals surface area contributed by atoms with Gasteiger partial charge in [-0.25, -0.2) is 4.18 Å². The maximum Gasteiger partial charge on any atom is 0.298 e. The maximum absolute atomic E-state index is 13.2. The summed E-state index contributed by atoms with van der Waals surface area (Å²) in [6.07, 6.45) is 2.86. The first-order valence-corrected chi connectivity index (χ1v) is 10.7. The Hall–Kier alpha value is -2.18. The normalized spacial score (nSPS) is 16.6. The van der Waals surface area contributed by atoms with E-state index >= 15 is 0 Å². The average Bonchev–Trinajstić information content (AvgIpc) is 2.96. The number of hydrogen-bond acceptors (Lipinski definition) is 4. The minimum atomic E-state index is -4.06. The van der Waals surface area contributed by atoms with Crippen molar-refractivity contribution in [1.82, 2.24) is 4.90 Å². The van der Waals surface area contributed by atoms with Crippen LogP contribution in [0.25, 0.3) is 0 Å². The quantitative estimate of drug-likeness (QED) is 0.731. The van der Waals surface area contributed by atoms with Crippen LogP contribution in [0.2, 0.25) is 0 Å². The molecule has 0 bridgehead atoms. The van der Waals surface area contributed by atoms with Gasteiger partial charge in [-0.2, -0.15) is 8.42 Å². The summed E-state index contributed by atoms with van der Waals surface area (Å²) in [5.74, 6) is -0.293. The standard InChI is InChI=1S/C21H25NO4S/c1-17-11-13-19(14-12-17)27(24,25)26-20(18-9-5-4-6-10-18)21(23)22-15-7-2-3-8-16-22/h4-6,9-14,20H,2-3,7-8,15-16H2,1H3/t20-/m0/s1. The predicted molar refractivity (Wildman–Crippen MR) is 104 cm³/mol. The van der Waals surface area contributed by atoms with Crippen LogP contribution in [-0.2, 0) is 19.1 Å². The zero-order chi connectivity index (χ0) is 19.3. The zero-order valence-corrected chi connectivity index (χ0v) is 16.3. The number of benzene rings is 2. The van der Waals surface area contributed by atoms with E-state index in [0.717, 1.165) is 31.2 Å². The molecule has 0 radical (unpaired) electrons. The largest absolute Gasteiger partial charge is 0.340 e. The highest BCUT2D eigenvalue weighted by Gasteiger charge is 2.32. The minimum absolute atomic E-state index is 0.0534. The van der Waals surface area contributed by atoms with Gasteiger partial charge in [0.1, 0.15) is 0 Å². The number of nitrogens with zero attached hydrogens (tertiary/aromatic N) is 1. The summed E-state index contributed by atoms with van der Waals surface area (Å²) in [7, 11) is -4.06. The van der Waals surface area contributed by atoms with Crippen LogP contribution < -0.4 is 0 Å². The van der Waals surface area contributed by atoms with Crippen molar-refractivity contribution < 1.29 is 17.4 Å². The van der Waals surface area contributed by atoms with E-state index in [0.29, 0.717) is 18.7 Å². The Balaban J connectivity index is 1.90. The van der Waals surface area contributed by atoms with Crippen LogP contribution in [0.5, 0.6) is 0 Å². The Bertz CT molecular complexity index is 855. The van der Waals surface area contributed by atoms with E-state index in [4.69, 9.17) is 4.18 Å². The van der Waals surface area contributed by atoms with Gasteiger partial charge < -0.3 is 4.90 Å². The first kappa shape index (κ1) is 19.6. The number of rotatable bonds is 5. The molecule has 144 valence electrons. The lowest BCUT2D eigenvalue weighted by molar-refractivity contribution is -0.138. The second-order valence-corrected chi connectivity index (χ2v) is 8.47. The summed E-state index contributed by atoms with van der Waals surface area (Å²) in [5, 5.41) is 0. The van der Waals surface area contributed by atoms with Gasteiger partial charge in [-0.15, -0.1) is 0 Å². The van der Waals surface area contributed by atoms with Crippen LogP contribution in [-0.4, -0.2) is 32.3 Å². The molecule has 0 spiro atoms. The molecule has 1 amide bonds. The van der Waals surface area contributed by atoms with Crippen molar-refractivity contribution in [2.75, 3.05) is 13.1 Å². The number of aryl methyl sites for hydroxylation is 1. The molecule has 0 unspecified atom stereocenters. The first-order chi connectivity index (χ1) is 13.0. The van der Waals surface area contributed by atoms with E-state index < -0.39 is 16.2 Å². The summed E-state index contributed by atoms with van der Waals surface area (Å²) in [6.45, 7) is 3.15. The van der Waals surface area contributed by atoms with E-state index in [1.54, 1.807) is 41.3 Å². The third-order valence-corrected chi connectivity index (χ3v) is 6.07. The van der Waals surface area contributed by atoms with E-state index in [9.17, 15) is 13.2 Å². The summed E-state index contributed by atoms with van der Waals surface area (Å²) < 4.78 is 31.1. The van der Waals surface area contributed by atoms with Gasteiger partial charge in [-0.05, 0) is 37.5 Å². The topological polar surface area (TPSA) is 63.7 Å². The average molecular weight is 388 g/mol. The molecule has 0 saturated carbocycles. The molecule has 1 aliphatic rings. The fourth-order valence-electron chi connectivity index (χ4n) is 3.21. The lowest BCUT2D eigenvalue weighted by Crippen LogP contribution is -2.37. The molecule has 27 heavy (non-hydrogen) atoms. The molecule has 3 rings (SSSR count). The van der Waals surface area contributed by atoms with Crippen molar-refractivity contribution >= 4 is 16.0 Å². The van der Waals surface area contributed by atoms with Crippen molar-refractivity contribution in [3.8, 4) is 0 Å². The van der Waals surface area contributed by atoms with Gasteiger partial charge in [0.2, 0.25) is 0 Å². The third kappa shape index (κ3) is 4.96. The van der Waals surface area contributed by atoms with Crippen LogP contribution in [0.1, 0.15) is 42.9 Å². The van der Waals surface area contributed by atoms with E-state index in [-0.39, 0.29) is 10.8 Å². The zero-order valence-electron chi connectivity index (χ0n) is 15.5. The Kier molecular flexibility index (Phi) is 6.29. The summed E-state index contributed by atoms with van der Waals surface area (Å²) in [6, 6.07) is 15.3. The Morgan fingerprint density at radius 3 is 2.11 bits per heavy atom. The molecule has 1 heterocycles. The van der Waals surface area contributed by atoms with Gasteiger partial charge in [-0.1, -0.05) is 60.9 Å². The van der Waals surface area contributed by atoms with Gasteiger partial charge in [-0.3, -0.25) is 4.79 Å². The lowest BCUT2D eigenvalue weighted by atomic mass is 10.1. The van der Waals surface area contributed by atoms with Crippen molar-refractivity contribution in [1.29, 1.82) is 0 Å². The van der Waals surface area contributed by atoms with Crippen LogP contribution in [0, 0.1) is 6.92 Å². The van der Waals surface area contributed by atoms with Gasteiger partial charge >= 0.3 is 0 Å². The first-order valence-electron chi connectivity index (χ1n) is 9.31. The van der Waals surface area contributed by atoms with Crippen LogP contribution >= 0.6 is 0 Å². The maximum atomic E-state index is 13.2. The van der Waals surface area contributed by atoms with E-state index in [1.807, 2.05) is 13.0 Å². The molecule has 0 N–H and O–H groups in total. The fourth-order valence-corrected chi connectivity index (χ4v) is 4.24. The molecule has 2 aromatic rings. The number of carbonyl (C=O) groups is 1. The highest BCUT2D eigenvalue weighted by atomic mass is 32.2. The van der Waals surface area contributed by atoms with Gasteiger partial charge in [0.15, 0.2) is 6.10 Å². The molecule has 1 aliphatic heterocycles. The highest BCUT2D eigenvalue weighted by molar-refractivity contribution is 7.86. The minimum Gasteiger partial charge on any atom is -0.340 e. The Morgan fingerprint density at radius 2 is 1.52 bits per heavy atom. The van der Waals surface area contributed by atoms with E-state index in [2.05, 4.69) is 0 Å². The molecular formula is C21H25NO4S. The molecule has 0 aromatic heterocycles. The Labute approximate surface area is 161 Å². The monoisotopic (exact) mass is 387 g/mol. The van der Waals surface area contributed by atoms with Gasteiger partial charge in [0.25, 0.3) is 16.0 Å². The number of amides is 1. The SMILES string of the molecule is Cc1ccc(S(=O)(=O)O[C@H](C(=O)N2CCCCCC2)c2ccccc2)cc1. The van der Waals surface area contributed by atoms with Crippen molar-refractivity contribution in [3.05, 3.63) is 65.7 Å². The molecule has 1 saturated heterocycles. The van der Waals surface area contributed by atoms with Crippen LogP contribution in [0.15, 0.2) is 59.5 Å². The molecular weight excluding hydrogens is 362 g/mol. The number of likely N-dealkylation sites (tertiary alicyclic amines) is 1. The van der Waals surface area contributed by atoms with Crippen molar-refractivity contribution in [2.45, 2.75) is 43.6 Å². The highest BCUT2D eigenvalue weighted by Crippen LogP contribution is 2.27. The smallest absolute Gasteiger partial charge is 0.298 e.